The van der Waals surface area contributed by atoms with Crippen molar-refractivity contribution >= 4 is 39.3 Å². The van der Waals surface area contributed by atoms with Crippen molar-refractivity contribution in [1.82, 2.24) is 0 Å². The van der Waals surface area contributed by atoms with E-state index >= 15 is 0 Å². The fourth-order valence-electron chi connectivity index (χ4n) is 1.76. The molecule has 0 fully saturated rings. The largest absolute Gasteiger partial charge is 0.454 e. The molecule has 2 rings (SSSR count). The highest BCUT2D eigenvalue weighted by molar-refractivity contribution is 9.10. The number of hydrogen-bond acceptors (Lipinski definition) is 2. The zero-order valence-electron chi connectivity index (χ0n) is 9.59. The van der Waals surface area contributed by atoms with Gasteiger partial charge in [-0.15, -0.1) is 11.6 Å². The first kappa shape index (κ1) is 13.1. The first-order chi connectivity index (χ1) is 8.17. The molecule has 0 aliphatic carbocycles. The maximum Gasteiger partial charge on any atom is 0.168 e. The minimum atomic E-state index is 0.474. The van der Waals surface area contributed by atoms with Crippen LogP contribution >= 0.6 is 39.3 Å². The Balaban J connectivity index is 2.60. The summed E-state index contributed by atoms with van der Waals surface area (Å²) in [5, 5.41) is 0.931. The Hall–Kier alpha value is -0.380. The molecule has 0 radical (unpaired) electrons. The van der Waals surface area contributed by atoms with E-state index in [0.717, 1.165) is 32.0 Å². The van der Waals surface area contributed by atoms with Gasteiger partial charge in [-0.2, -0.15) is 0 Å². The molecule has 0 aliphatic rings. The van der Waals surface area contributed by atoms with Gasteiger partial charge in [-0.05, 0) is 30.9 Å². The minimum Gasteiger partial charge on any atom is -0.454 e. The van der Waals surface area contributed by atoms with Crippen LogP contribution in [0, 0.1) is 6.92 Å². The number of rotatable bonds is 3. The zero-order chi connectivity index (χ0) is 12.4. The van der Waals surface area contributed by atoms with Crippen molar-refractivity contribution in [3.8, 4) is 11.1 Å². The zero-order valence-corrected chi connectivity index (χ0v) is 12.7. The lowest BCUT2D eigenvalue weighted by molar-refractivity contribution is 0.449. The van der Waals surface area contributed by atoms with E-state index in [4.69, 9.17) is 16.0 Å². The standard InChI is InChI=1S/C13H12BrClOS/c1-8-11(7-15)12(13(16-8)17-2)9-3-5-10(14)6-4-9/h3-6H,7H2,1-2H3. The topological polar surface area (TPSA) is 13.1 Å². The molecule has 2 aromatic rings. The Morgan fingerprint density at radius 1 is 1.29 bits per heavy atom. The lowest BCUT2D eigenvalue weighted by atomic mass is 10.0. The summed E-state index contributed by atoms with van der Waals surface area (Å²) in [6, 6.07) is 8.20. The monoisotopic (exact) mass is 330 g/mol. The Morgan fingerprint density at radius 2 is 1.94 bits per heavy atom. The number of aryl methyl sites for hydroxylation is 1. The highest BCUT2D eigenvalue weighted by Crippen LogP contribution is 2.38. The van der Waals surface area contributed by atoms with Gasteiger partial charge in [0, 0.05) is 15.6 Å². The summed E-state index contributed by atoms with van der Waals surface area (Å²) in [5.41, 5.74) is 3.35. The molecule has 0 amide bonds. The van der Waals surface area contributed by atoms with Crippen LogP contribution in [0.2, 0.25) is 0 Å². The van der Waals surface area contributed by atoms with Gasteiger partial charge in [0.25, 0.3) is 0 Å². The summed E-state index contributed by atoms with van der Waals surface area (Å²) in [6.07, 6.45) is 2.01. The van der Waals surface area contributed by atoms with Crippen molar-refractivity contribution in [2.45, 2.75) is 17.9 Å². The Bertz CT molecular complexity index is 519. The number of halogens is 2. The van der Waals surface area contributed by atoms with Crippen LogP contribution in [0.4, 0.5) is 0 Å². The maximum atomic E-state index is 6.01. The van der Waals surface area contributed by atoms with E-state index in [0.29, 0.717) is 5.88 Å². The highest BCUT2D eigenvalue weighted by Gasteiger charge is 2.17. The predicted octanol–water partition coefficient (Wildman–Crippen LogP) is 5.48. The second kappa shape index (κ2) is 5.51. The molecule has 0 unspecified atom stereocenters. The molecule has 0 N–H and O–H groups in total. The van der Waals surface area contributed by atoms with Crippen molar-refractivity contribution in [3.63, 3.8) is 0 Å². The highest BCUT2D eigenvalue weighted by atomic mass is 79.9. The molecule has 0 aliphatic heterocycles. The molecule has 1 nitrogen and oxygen atoms in total. The molecule has 4 heteroatoms. The number of thioether (sulfide) groups is 1. The molecule has 1 aromatic heterocycles. The molecule has 0 saturated carbocycles. The fraction of sp³-hybridized carbons (Fsp3) is 0.231. The molecular formula is C13H12BrClOS. The average molecular weight is 332 g/mol. The van der Waals surface area contributed by atoms with Gasteiger partial charge in [-0.1, -0.05) is 39.8 Å². The van der Waals surface area contributed by atoms with Crippen LogP contribution < -0.4 is 0 Å². The van der Waals surface area contributed by atoms with Crippen LogP contribution in [0.15, 0.2) is 38.2 Å². The third-order valence-corrected chi connectivity index (χ3v) is 4.08. The number of hydrogen-bond donors (Lipinski definition) is 0. The molecular weight excluding hydrogens is 320 g/mol. The Morgan fingerprint density at radius 3 is 2.47 bits per heavy atom. The van der Waals surface area contributed by atoms with Crippen LogP contribution in [0.25, 0.3) is 11.1 Å². The number of benzene rings is 1. The Kier molecular flexibility index (Phi) is 4.23. The summed E-state index contributed by atoms with van der Waals surface area (Å²) in [7, 11) is 0. The number of furan rings is 1. The summed E-state index contributed by atoms with van der Waals surface area (Å²) in [6.45, 7) is 1.96. The third-order valence-electron chi connectivity index (χ3n) is 2.63. The summed E-state index contributed by atoms with van der Waals surface area (Å²) in [4.78, 5) is 0. The first-order valence-electron chi connectivity index (χ1n) is 5.15. The molecule has 0 saturated heterocycles. The molecule has 0 spiro atoms. The summed E-state index contributed by atoms with van der Waals surface area (Å²) >= 11 is 11.1. The predicted molar refractivity (Wildman–Crippen MR) is 77.9 cm³/mol. The molecule has 90 valence electrons. The van der Waals surface area contributed by atoms with E-state index in [1.54, 1.807) is 11.8 Å². The van der Waals surface area contributed by atoms with Gasteiger partial charge in [-0.3, -0.25) is 0 Å². The molecule has 0 atom stereocenters. The average Bonchev–Trinajstić information content (AvgIpc) is 2.66. The van der Waals surface area contributed by atoms with E-state index in [2.05, 4.69) is 28.1 Å². The number of alkyl halides is 1. The third kappa shape index (κ3) is 2.56. The van der Waals surface area contributed by atoms with Gasteiger partial charge in [-0.25, -0.2) is 0 Å². The quantitative estimate of drug-likeness (QED) is 0.546. The second-order valence-electron chi connectivity index (χ2n) is 3.64. The van der Waals surface area contributed by atoms with Crippen LogP contribution in [0.3, 0.4) is 0 Å². The van der Waals surface area contributed by atoms with Crippen molar-refractivity contribution in [2.24, 2.45) is 0 Å². The van der Waals surface area contributed by atoms with E-state index in [1.807, 2.05) is 25.3 Å². The second-order valence-corrected chi connectivity index (χ2v) is 5.61. The van der Waals surface area contributed by atoms with E-state index in [1.165, 1.54) is 0 Å². The Labute approximate surface area is 119 Å². The van der Waals surface area contributed by atoms with Gasteiger partial charge < -0.3 is 4.42 Å². The van der Waals surface area contributed by atoms with E-state index in [9.17, 15) is 0 Å². The van der Waals surface area contributed by atoms with E-state index < -0.39 is 0 Å². The van der Waals surface area contributed by atoms with Gasteiger partial charge in [0.15, 0.2) is 5.09 Å². The van der Waals surface area contributed by atoms with Crippen LogP contribution in [-0.4, -0.2) is 6.26 Å². The van der Waals surface area contributed by atoms with E-state index in [-0.39, 0.29) is 0 Å². The maximum absolute atomic E-state index is 6.01. The van der Waals surface area contributed by atoms with Crippen LogP contribution in [0.5, 0.6) is 0 Å². The van der Waals surface area contributed by atoms with Gasteiger partial charge in [0.2, 0.25) is 0 Å². The lowest BCUT2D eigenvalue weighted by Crippen LogP contribution is -1.84. The summed E-state index contributed by atoms with van der Waals surface area (Å²) in [5.74, 6) is 1.38. The summed E-state index contributed by atoms with van der Waals surface area (Å²) < 4.78 is 6.81. The van der Waals surface area contributed by atoms with Crippen molar-refractivity contribution in [1.29, 1.82) is 0 Å². The van der Waals surface area contributed by atoms with Gasteiger partial charge >= 0.3 is 0 Å². The first-order valence-corrected chi connectivity index (χ1v) is 7.70. The lowest BCUT2D eigenvalue weighted by Gasteiger charge is -2.03. The molecule has 1 aromatic carbocycles. The minimum absolute atomic E-state index is 0.474. The van der Waals surface area contributed by atoms with Gasteiger partial charge in [0.1, 0.15) is 5.76 Å². The molecule has 0 bridgehead atoms. The molecule has 17 heavy (non-hydrogen) atoms. The van der Waals surface area contributed by atoms with Crippen molar-refractivity contribution in [3.05, 3.63) is 40.1 Å². The van der Waals surface area contributed by atoms with Crippen molar-refractivity contribution in [2.75, 3.05) is 6.26 Å². The fourth-order valence-corrected chi connectivity index (χ4v) is 3.00. The smallest absolute Gasteiger partial charge is 0.168 e. The normalized spacial score (nSPS) is 10.8. The SMILES string of the molecule is CSc1oc(C)c(CCl)c1-c1ccc(Br)cc1. The van der Waals surface area contributed by atoms with Crippen LogP contribution in [0.1, 0.15) is 11.3 Å². The molecule has 1 heterocycles. The van der Waals surface area contributed by atoms with Gasteiger partial charge in [0.05, 0.1) is 5.88 Å². The van der Waals surface area contributed by atoms with Crippen LogP contribution in [-0.2, 0) is 5.88 Å². The van der Waals surface area contributed by atoms with Crippen molar-refractivity contribution < 1.29 is 4.42 Å².